The van der Waals surface area contributed by atoms with Gasteiger partial charge in [0.05, 0.1) is 11.7 Å². The molecular formula is C20H21N3OS. The van der Waals surface area contributed by atoms with Crippen molar-refractivity contribution in [1.82, 2.24) is 10.3 Å². The summed E-state index contributed by atoms with van der Waals surface area (Å²) in [4.78, 5) is 19.9. The Bertz CT molecular complexity index is 846. The summed E-state index contributed by atoms with van der Waals surface area (Å²) in [7, 11) is 1.96. The summed E-state index contributed by atoms with van der Waals surface area (Å²) in [6.07, 6.45) is 0. The van der Waals surface area contributed by atoms with Gasteiger partial charge in [0.2, 0.25) is 0 Å². The molecular weight excluding hydrogens is 330 g/mol. The molecule has 0 fully saturated rings. The number of para-hydroxylation sites is 1. The molecule has 0 spiro atoms. The maximum Gasteiger partial charge on any atom is 0.263 e. The highest BCUT2D eigenvalue weighted by atomic mass is 32.1. The topological polar surface area (TPSA) is 45.2 Å². The number of carbonyl (C=O) groups excluding carboxylic acids is 1. The number of rotatable bonds is 5. The predicted molar refractivity (Wildman–Crippen MR) is 104 cm³/mol. The van der Waals surface area contributed by atoms with E-state index in [4.69, 9.17) is 0 Å². The molecule has 3 aromatic rings. The number of aromatic nitrogens is 1. The van der Waals surface area contributed by atoms with Crippen LogP contribution in [0.15, 0.2) is 60.7 Å². The summed E-state index contributed by atoms with van der Waals surface area (Å²) in [6, 6.07) is 19.9. The normalized spacial score (nSPS) is 11.8. The minimum Gasteiger partial charge on any atom is -0.345 e. The lowest BCUT2D eigenvalue weighted by Crippen LogP contribution is -2.26. The maximum absolute atomic E-state index is 12.7. The standard InChI is InChI=1S/C20H21N3OS/c1-14(16-10-6-4-7-11-16)21-19(24)18-15(2)22-20(25-18)23(3)17-12-8-5-9-13-17/h4-14H,1-3H3,(H,21,24)/t14-/m0/s1. The Hall–Kier alpha value is -2.66. The van der Waals surface area contributed by atoms with Gasteiger partial charge in [0.15, 0.2) is 5.13 Å². The first-order valence-corrected chi connectivity index (χ1v) is 9.00. The van der Waals surface area contributed by atoms with Crippen LogP contribution in [0.5, 0.6) is 0 Å². The van der Waals surface area contributed by atoms with E-state index in [0.29, 0.717) is 4.88 Å². The largest absolute Gasteiger partial charge is 0.345 e. The fraction of sp³-hybridized carbons (Fsp3) is 0.200. The highest BCUT2D eigenvalue weighted by molar-refractivity contribution is 7.17. The first-order valence-electron chi connectivity index (χ1n) is 8.18. The summed E-state index contributed by atoms with van der Waals surface area (Å²) in [5.74, 6) is -0.0842. The minimum absolute atomic E-state index is 0.0505. The van der Waals surface area contributed by atoms with Crippen molar-refractivity contribution >= 4 is 28.1 Å². The second-order valence-corrected chi connectivity index (χ2v) is 6.89. The zero-order chi connectivity index (χ0) is 17.8. The van der Waals surface area contributed by atoms with Crippen molar-refractivity contribution in [3.8, 4) is 0 Å². The molecule has 25 heavy (non-hydrogen) atoms. The van der Waals surface area contributed by atoms with Crippen molar-refractivity contribution in [3.05, 3.63) is 76.8 Å². The van der Waals surface area contributed by atoms with E-state index in [9.17, 15) is 4.79 Å². The summed E-state index contributed by atoms with van der Waals surface area (Å²) >= 11 is 1.41. The van der Waals surface area contributed by atoms with E-state index < -0.39 is 0 Å². The number of hydrogen-bond acceptors (Lipinski definition) is 4. The number of benzene rings is 2. The van der Waals surface area contributed by atoms with Crippen LogP contribution in [0.2, 0.25) is 0 Å². The van der Waals surface area contributed by atoms with Crippen LogP contribution in [0.25, 0.3) is 0 Å². The lowest BCUT2D eigenvalue weighted by molar-refractivity contribution is 0.0943. The van der Waals surface area contributed by atoms with Crippen molar-refractivity contribution in [2.75, 3.05) is 11.9 Å². The average Bonchev–Trinajstić information content (AvgIpc) is 3.04. The van der Waals surface area contributed by atoms with Crippen LogP contribution >= 0.6 is 11.3 Å². The van der Waals surface area contributed by atoms with Crippen molar-refractivity contribution in [3.63, 3.8) is 0 Å². The van der Waals surface area contributed by atoms with Crippen molar-refractivity contribution in [2.45, 2.75) is 19.9 Å². The lowest BCUT2D eigenvalue weighted by Gasteiger charge is -2.15. The molecule has 1 N–H and O–H groups in total. The third kappa shape index (κ3) is 3.88. The maximum atomic E-state index is 12.7. The number of nitrogens with one attached hydrogen (secondary N) is 1. The molecule has 2 aromatic carbocycles. The van der Waals surface area contributed by atoms with Crippen LogP contribution in [-0.2, 0) is 0 Å². The average molecular weight is 351 g/mol. The van der Waals surface area contributed by atoms with E-state index in [1.165, 1.54) is 11.3 Å². The highest BCUT2D eigenvalue weighted by Crippen LogP contribution is 2.30. The Balaban J connectivity index is 1.77. The molecule has 0 bridgehead atoms. The van der Waals surface area contributed by atoms with E-state index in [-0.39, 0.29) is 11.9 Å². The molecule has 1 aromatic heterocycles. The van der Waals surface area contributed by atoms with Gasteiger partial charge in [0.25, 0.3) is 5.91 Å². The molecule has 3 rings (SSSR count). The van der Waals surface area contributed by atoms with Crippen molar-refractivity contribution in [1.29, 1.82) is 0 Å². The second kappa shape index (κ2) is 7.49. The van der Waals surface area contributed by atoms with Gasteiger partial charge >= 0.3 is 0 Å². The summed E-state index contributed by atoms with van der Waals surface area (Å²) < 4.78 is 0. The Morgan fingerprint density at radius 1 is 1.08 bits per heavy atom. The first-order chi connectivity index (χ1) is 12.1. The summed E-state index contributed by atoms with van der Waals surface area (Å²) in [5.41, 5.74) is 2.88. The van der Waals surface area contributed by atoms with Gasteiger partial charge in [0, 0.05) is 12.7 Å². The van der Waals surface area contributed by atoms with Crippen LogP contribution in [0, 0.1) is 6.92 Å². The predicted octanol–water partition coefficient (Wildman–Crippen LogP) is 4.71. The summed E-state index contributed by atoms with van der Waals surface area (Å²) in [6.45, 7) is 3.86. The van der Waals surface area contributed by atoms with Gasteiger partial charge in [-0.25, -0.2) is 4.98 Å². The van der Waals surface area contributed by atoms with E-state index in [1.807, 2.05) is 86.5 Å². The highest BCUT2D eigenvalue weighted by Gasteiger charge is 2.19. The number of nitrogens with zero attached hydrogens (tertiary/aromatic N) is 2. The molecule has 0 radical (unpaired) electrons. The molecule has 0 saturated heterocycles. The molecule has 0 unspecified atom stereocenters. The Morgan fingerprint density at radius 2 is 1.68 bits per heavy atom. The van der Waals surface area contributed by atoms with E-state index in [0.717, 1.165) is 22.1 Å². The number of amides is 1. The molecule has 0 aliphatic carbocycles. The monoisotopic (exact) mass is 351 g/mol. The number of hydrogen-bond donors (Lipinski definition) is 1. The Labute approximate surface area is 152 Å². The Morgan fingerprint density at radius 3 is 2.32 bits per heavy atom. The van der Waals surface area contributed by atoms with Crippen LogP contribution in [0.1, 0.15) is 33.9 Å². The van der Waals surface area contributed by atoms with Crippen LogP contribution in [0.3, 0.4) is 0 Å². The molecule has 5 heteroatoms. The van der Waals surface area contributed by atoms with Gasteiger partial charge in [-0.1, -0.05) is 59.9 Å². The fourth-order valence-electron chi connectivity index (χ4n) is 2.59. The molecule has 1 amide bonds. The quantitative estimate of drug-likeness (QED) is 0.724. The lowest BCUT2D eigenvalue weighted by atomic mass is 10.1. The van der Waals surface area contributed by atoms with Gasteiger partial charge in [-0.15, -0.1) is 0 Å². The van der Waals surface area contributed by atoms with Gasteiger partial charge in [-0.05, 0) is 31.5 Å². The first kappa shape index (κ1) is 17.2. The third-order valence-corrected chi connectivity index (χ3v) is 5.30. The zero-order valence-electron chi connectivity index (χ0n) is 14.6. The number of anilines is 2. The fourth-order valence-corrected chi connectivity index (χ4v) is 3.54. The van der Waals surface area contributed by atoms with Crippen LogP contribution in [0.4, 0.5) is 10.8 Å². The molecule has 0 aliphatic heterocycles. The van der Waals surface area contributed by atoms with Gasteiger partial charge in [0.1, 0.15) is 4.88 Å². The molecule has 128 valence electrons. The molecule has 1 atom stereocenters. The van der Waals surface area contributed by atoms with Crippen LogP contribution < -0.4 is 10.2 Å². The van der Waals surface area contributed by atoms with E-state index in [1.54, 1.807) is 0 Å². The minimum atomic E-state index is -0.0842. The van der Waals surface area contributed by atoms with Gasteiger partial charge < -0.3 is 10.2 Å². The van der Waals surface area contributed by atoms with E-state index in [2.05, 4.69) is 10.3 Å². The molecule has 0 aliphatic rings. The zero-order valence-corrected chi connectivity index (χ0v) is 15.4. The SMILES string of the molecule is Cc1nc(N(C)c2ccccc2)sc1C(=O)N[C@@H](C)c1ccccc1. The van der Waals surface area contributed by atoms with Gasteiger partial charge in [-0.2, -0.15) is 0 Å². The van der Waals surface area contributed by atoms with Gasteiger partial charge in [-0.3, -0.25) is 4.79 Å². The smallest absolute Gasteiger partial charge is 0.263 e. The number of aryl methyl sites for hydroxylation is 1. The second-order valence-electron chi connectivity index (χ2n) is 5.91. The van der Waals surface area contributed by atoms with Crippen LogP contribution in [-0.4, -0.2) is 17.9 Å². The molecule has 4 nitrogen and oxygen atoms in total. The Kier molecular flexibility index (Phi) is 5.14. The number of carbonyl (C=O) groups is 1. The van der Waals surface area contributed by atoms with Crippen molar-refractivity contribution < 1.29 is 4.79 Å². The number of thiazole rings is 1. The summed E-state index contributed by atoms with van der Waals surface area (Å²) in [5, 5.41) is 3.86. The molecule has 0 saturated carbocycles. The van der Waals surface area contributed by atoms with E-state index >= 15 is 0 Å². The third-order valence-electron chi connectivity index (χ3n) is 4.07. The molecule has 1 heterocycles. The van der Waals surface area contributed by atoms with Crippen molar-refractivity contribution in [2.24, 2.45) is 0 Å².